The van der Waals surface area contributed by atoms with E-state index in [4.69, 9.17) is 0 Å². The average Bonchev–Trinajstić information content (AvgIpc) is 2.46. The van der Waals surface area contributed by atoms with E-state index in [0.29, 0.717) is 25.2 Å². The number of likely N-dealkylation sites (N-methyl/N-ethyl adjacent to an activating group) is 2. The van der Waals surface area contributed by atoms with Gasteiger partial charge in [-0.2, -0.15) is 0 Å². The highest BCUT2D eigenvalue weighted by Gasteiger charge is 2.34. The number of carbonyl (C=O) groups is 2. The Bertz CT molecular complexity index is 504. The molecule has 1 aromatic rings. The molecule has 1 fully saturated rings. The summed E-state index contributed by atoms with van der Waals surface area (Å²) < 4.78 is 12.9. The Hall–Kier alpha value is -1.95. The lowest BCUT2D eigenvalue weighted by molar-refractivity contribution is -0.126. The molecule has 0 radical (unpaired) electrons. The van der Waals surface area contributed by atoms with Crippen molar-refractivity contribution in [2.75, 3.05) is 33.7 Å². The van der Waals surface area contributed by atoms with Crippen molar-refractivity contribution in [3.8, 4) is 0 Å². The van der Waals surface area contributed by atoms with Crippen LogP contribution in [-0.4, -0.2) is 61.4 Å². The second-order valence-electron chi connectivity index (χ2n) is 4.90. The predicted octanol–water partition coefficient (Wildman–Crippen LogP) is 0.328. The summed E-state index contributed by atoms with van der Waals surface area (Å²) in [7, 11) is 3.47. The van der Waals surface area contributed by atoms with Crippen molar-refractivity contribution in [1.82, 2.24) is 15.1 Å². The number of carbonyl (C=O) groups excluding carboxylic acids is 2. The maximum atomic E-state index is 12.9. The maximum Gasteiger partial charge on any atom is 0.254 e. The first-order valence-corrected chi connectivity index (χ1v) is 6.49. The van der Waals surface area contributed by atoms with E-state index >= 15 is 0 Å². The quantitative estimate of drug-likeness (QED) is 0.849. The highest BCUT2D eigenvalue weighted by atomic mass is 19.1. The number of halogens is 1. The van der Waals surface area contributed by atoms with Crippen LogP contribution in [0.25, 0.3) is 0 Å². The molecule has 6 heteroatoms. The molecule has 1 heterocycles. The first-order chi connectivity index (χ1) is 9.52. The zero-order chi connectivity index (χ0) is 14.7. The van der Waals surface area contributed by atoms with Gasteiger partial charge in [-0.15, -0.1) is 0 Å². The third-order valence-corrected chi connectivity index (χ3v) is 3.48. The Morgan fingerprint density at radius 1 is 1.25 bits per heavy atom. The Morgan fingerprint density at radius 3 is 2.50 bits per heavy atom. The van der Waals surface area contributed by atoms with Crippen molar-refractivity contribution in [3.05, 3.63) is 35.6 Å². The van der Waals surface area contributed by atoms with Gasteiger partial charge in [0.05, 0.1) is 0 Å². The number of nitrogens with zero attached hydrogens (tertiary/aromatic N) is 2. The lowest BCUT2D eigenvalue weighted by atomic mass is 10.1. The fourth-order valence-electron chi connectivity index (χ4n) is 2.31. The Morgan fingerprint density at radius 2 is 1.90 bits per heavy atom. The number of amides is 2. The van der Waals surface area contributed by atoms with E-state index in [-0.39, 0.29) is 17.6 Å². The molecule has 20 heavy (non-hydrogen) atoms. The molecule has 0 spiro atoms. The molecule has 1 unspecified atom stereocenters. The molecule has 0 aliphatic carbocycles. The van der Waals surface area contributed by atoms with E-state index in [1.807, 2.05) is 11.9 Å². The van der Waals surface area contributed by atoms with Gasteiger partial charge in [0.15, 0.2) is 0 Å². The summed E-state index contributed by atoms with van der Waals surface area (Å²) >= 11 is 0. The molecule has 0 saturated carbocycles. The summed E-state index contributed by atoms with van der Waals surface area (Å²) in [6, 6.07) is 4.86. The zero-order valence-electron chi connectivity index (χ0n) is 11.6. The fourth-order valence-corrected chi connectivity index (χ4v) is 2.31. The topological polar surface area (TPSA) is 52.7 Å². The number of piperazine rings is 1. The molecule has 1 aliphatic heterocycles. The SMILES string of the molecule is CNC(=O)C1CN(C)CCN1C(=O)c1ccc(F)cc1. The van der Waals surface area contributed by atoms with Gasteiger partial charge in [-0.3, -0.25) is 9.59 Å². The second kappa shape index (κ2) is 6.00. The first kappa shape index (κ1) is 14.5. The van der Waals surface area contributed by atoms with Crippen LogP contribution in [0, 0.1) is 5.82 Å². The molecule has 0 aromatic heterocycles. The minimum atomic E-state index is -0.517. The van der Waals surface area contributed by atoms with Gasteiger partial charge in [0, 0.05) is 32.2 Å². The van der Waals surface area contributed by atoms with Crippen LogP contribution in [-0.2, 0) is 4.79 Å². The molecule has 5 nitrogen and oxygen atoms in total. The van der Waals surface area contributed by atoms with Crippen LogP contribution < -0.4 is 5.32 Å². The van der Waals surface area contributed by atoms with Crippen molar-refractivity contribution in [3.63, 3.8) is 0 Å². The highest BCUT2D eigenvalue weighted by molar-refractivity contribution is 5.97. The van der Waals surface area contributed by atoms with Gasteiger partial charge in [0.1, 0.15) is 11.9 Å². The lowest BCUT2D eigenvalue weighted by Gasteiger charge is -2.38. The molecule has 108 valence electrons. The molecule has 2 amide bonds. The summed E-state index contributed by atoms with van der Waals surface area (Å²) in [5, 5.41) is 2.58. The molecular weight excluding hydrogens is 261 g/mol. The standard InChI is InChI=1S/C14H18FN3O2/c1-16-13(19)12-9-17(2)7-8-18(12)14(20)10-3-5-11(15)6-4-10/h3-6,12H,7-9H2,1-2H3,(H,16,19). The van der Waals surface area contributed by atoms with Crippen LogP contribution in [0.1, 0.15) is 10.4 Å². The highest BCUT2D eigenvalue weighted by Crippen LogP contribution is 2.14. The third kappa shape index (κ3) is 2.96. The molecule has 2 rings (SSSR count). The van der Waals surface area contributed by atoms with Crippen LogP contribution >= 0.6 is 0 Å². The minimum Gasteiger partial charge on any atom is -0.357 e. The average molecular weight is 279 g/mol. The Labute approximate surface area is 117 Å². The molecule has 1 aliphatic rings. The van der Waals surface area contributed by atoms with Crippen LogP contribution in [0.15, 0.2) is 24.3 Å². The van der Waals surface area contributed by atoms with Crippen LogP contribution in [0.5, 0.6) is 0 Å². The van der Waals surface area contributed by atoms with Gasteiger partial charge < -0.3 is 15.1 Å². The van der Waals surface area contributed by atoms with E-state index < -0.39 is 6.04 Å². The second-order valence-corrected chi connectivity index (χ2v) is 4.90. The van der Waals surface area contributed by atoms with Gasteiger partial charge in [-0.05, 0) is 31.3 Å². The van der Waals surface area contributed by atoms with Gasteiger partial charge in [-0.1, -0.05) is 0 Å². The van der Waals surface area contributed by atoms with E-state index in [1.165, 1.54) is 24.3 Å². The maximum absolute atomic E-state index is 12.9. The lowest BCUT2D eigenvalue weighted by Crippen LogP contribution is -2.59. The Balaban J connectivity index is 2.21. The number of benzene rings is 1. The van der Waals surface area contributed by atoms with E-state index in [2.05, 4.69) is 5.32 Å². The van der Waals surface area contributed by atoms with Crippen molar-refractivity contribution >= 4 is 11.8 Å². The van der Waals surface area contributed by atoms with Crippen molar-refractivity contribution in [2.45, 2.75) is 6.04 Å². The van der Waals surface area contributed by atoms with Crippen molar-refractivity contribution < 1.29 is 14.0 Å². The number of hydrogen-bond donors (Lipinski definition) is 1. The smallest absolute Gasteiger partial charge is 0.254 e. The number of nitrogens with one attached hydrogen (secondary N) is 1. The zero-order valence-corrected chi connectivity index (χ0v) is 11.6. The first-order valence-electron chi connectivity index (χ1n) is 6.49. The minimum absolute atomic E-state index is 0.188. The van der Waals surface area contributed by atoms with E-state index in [0.717, 1.165) is 0 Å². The third-order valence-electron chi connectivity index (χ3n) is 3.48. The summed E-state index contributed by atoms with van der Waals surface area (Å²) in [4.78, 5) is 27.9. The molecule has 1 aromatic carbocycles. The summed E-state index contributed by atoms with van der Waals surface area (Å²) in [6.45, 7) is 1.68. The molecule has 1 N–H and O–H groups in total. The van der Waals surface area contributed by atoms with Crippen molar-refractivity contribution in [2.24, 2.45) is 0 Å². The molecule has 1 atom stereocenters. The monoisotopic (exact) mass is 279 g/mol. The normalized spacial score (nSPS) is 19.8. The van der Waals surface area contributed by atoms with Gasteiger partial charge in [-0.25, -0.2) is 4.39 Å². The van der Waals surface area contributed by atoms with Gasteiger partial charge in [0.2, 0.25) is 5.91 Å². The summed E-state index contributed by atoms with van der Waals surface area (Å²) in [5.41, 5.74) is 0.393. The number of rotatable bonds is 2. The largest absolute Gasteiger partial charge is 0.357 e. The number of hydrogen-bond acceptors (Lipinski definition) is 3. The van der Waals surface area contributed by atoms with E-state index in [9.17, 15) is 14.0 Å². The van der Waals surface area contributed by atoms with E-state index in [1.54, 1.807) is 11.9 Å². The van der Waals surface area contributed by atoms with Crippen LogP contribution in [0.3, 0.4) is 0 Å². The summed E-state index contributed by atoms with van der Waals surface area (Å²) in [6.07, 6.45) is 0. The fraction of sp³-hybridized carbons (Fsp3) is 0.429. The van der Waals surface area contributed by atoms with Gasteiger partial charge >= 0.3 is 0 Å². The van der Waals surface area contributed by atoms with Crippen LogP contribution in [0.4, 0.5) is 4.39 Å². The van der Waals surface area contributed by atoms with Crippen molar-refractivity contribution in [1.29, 1.82) is 0 Å². The predicted molar refractivity (Wildman–Crippen MR) is 72.8 cm³/mol. The summed E-state index contributed by atoms with van der Waals surface area (Å²) in [5.74, 6) is -0.818. The van der Waals surface area contributed by atoms with Gasteiger partial charge in [0.25, 0.3) is 5.91 Å². The van der Waals surface area contributed by atoms with Crippen LogP contribution in [0.2, 0.25) is 0 Å². The molecule has 0 bridgehead atoms. The molecule has 1 saturated heterocycles. The molecular formula is C14H18FN3O2. The Kier molecular flexibility index (Phi) is 4.34.